The summed E-state index contributed by atoms with van der Waals surface area (Å²) in [4.78, 5) is 11.8. The summed E-state index contributed by atoms with van der Waals surface area (Å²) >= 11 is 0. The smallest absolute Gasteiger partial charge is 0.335 e. The minimum atomic E-state index is -1.30. The van der Waals surface area contributed by atoms with Crippen molar-refractivity contribution in [1.29, 1.82) is 0 Å². The maximum absolute atomic E-state index is 12.9. The number of carbonyl (C=O) groups is 1. The molecule has 116 valence electrons. The zero-order chi connectivity index (χ0) is 16.0. The van der Waals surface area contributed by atoms with E-state index in [4.69, 9.17) is 4.74 Å². The fraction of sp³-hybridized carbons (Fsp3) is 0.562. The normalized spacial score (nSPS) is 24.7. The molecule has 1 heterocycles. The molecule has 0 bridgehead atoms. The Kier molecular flexibility index (Phi) is 4.02. The van der Waals surface area contributed by atoms with Crippen molar-refractivity contribution in [2.45, 2.75) is 62.4 Å². The van der Waals surface area contributed by atoms with Crippen LogP contribution in [0.4, 0.5) is 0 Å². The van der Waals surface area contributed by atoms with Crippen LogP contribution in [0.25, 0.3) is 0 Å². The summed E-state index contributed by atoms with van der Waals surface area (Å²) in [6, 6.07) is 4.99. The Morgan fingerprint density at radius 2 is 1.95 bits per heavy atom. The van der Waals surface area contributed by atoms with Crippen LogP contribution in [-0.2, 0) is 15.5 Å². The first-order valence-corrected chi connectivity index (χ1v) is 8.19. The molecule has 0 radical (unpaired) electrons. The molecule has 1 N–H and O–H groups in total. The van der Waals surface area contributed by atoms with Crippen LogP contribution in [0, 0.1) is 6.92 Å². The van der Waals surface area contributed by atoms with Crippen molar-refractivity contribution >= 4 is 16.8 Å². The number of aryl methyl sites for hydroxylation is 1. The Morgan fingerprint density at radius 3 is 2.43 bits per heavy atom. The zero-order valence-corrected chi connectivity index (χ0v) is 13.9. The van der Waals surface area contributed by atoms with Gasteiger partial charge in [0.2, 0.25) is 0 Å². The van der Waals surface area contributed by atoms with Crippen molar-refractivity contribution in [3.8, 4) is 0 Å². The highest BCUT2D eigenvalue weighted by atomic mass is 32.2. The first-order valence-electron chi connectivity index (χ1n) is 6.98. The average molecular weight is 310 g/mol. The number of rotatable bonds is 3. The van der Waals surface area contributed by atoms with Crippen LogP contribution in [0.5, 0.6) is 0 Å². The lowest BCUT2D eigenvalue weighted by Crippen LogP contribution is -2.35. The SMILES string of the molecule is Cc1ccc(S(=O)C2CC(C)(C)OC2(C)C)cc1C(=O)O. The van der Waals surface area contributed by atoms with E-state index in [9.17, 15) is 14.1 Å². The number of benzene rings is 1. The van der Waals surface area contributed by atoms with Crippen molar-refractivity contribution in [1.82, 2.24) is 0 Å². The third-order valence-electron chi connectivity index (χ3n) is 3.92. The van der Waals surface area contributed by atoms with Crippen LogP contribution in [0.2, 0.25) is 0 Å². The predicted octanol–water partition coefficient (Wildman–Crippen LogP) is 3.15. The molecule has 0 spiro atoms. The molecule has 21 heavy (non-hydrogen) atoms. The Morgan fingerprint density at radius 1 is 1.33 bits per heavy atom. The van der Waals surface area contributed by atoms with Crippen LogP contribution in [0.3, 0.4) is 0 Å². The predicted molar refractivity (Wildman–Crippen MR) is 82.2 cm³/mol. The number of hydrogen-bond donors (Lipinski definition) is 1. The van der Waals surface area contributed by atoms with E-state index in [1.807, 2.05) is 27.7 Å². The molecule has 2 unspecified atom stereocenters. The van der Waals surface area contributed by atoms with Gasteiger partial charge in [-0.15, -0.1) is 0 Å². The largest absolute Gasteiger partial charge is 0.478 e. The van der Waals surface area contributed by atoms with Gasteiger partial charge in [0.25, 0.3) is 0 Å². The first-order chi connectivity index (χ1) is 9.53. The van der Waals surface area contributed by atoms with Crippen molar-refractivity contribution < 1.29 is 18.8 Å². The first kappa shape index (κ1) is 16.2. The molecule has 1 aliphatic heterocycles. The van der Waals surface area contributed by atoms with Gasteiger partial charge in [-0.2, -0.15) is 0 Å². The molecule has 4 nitrogen and oxygen atoms in total. The number of carboxylic acids is 1. The third-order valence-corrected chi connectivity index (χ3v) is 5.89. The lowest BCUT2D eigenvalue weighted by molar-refractivity contribution is -0.0633. The molecule has 1 saturated heterocycles. The molecule has 1 aromatic carbocycles. The maximum Gasteiger partial charge on any atom is 0.335 e. The van der Waals surface area contributed by atoms with Gasteiger partial charge in [-0.1, -0.05) is 6.07 Å². The van der Waals surface area contributed by atoms with Crippen LogP contribution in [0.15, 0.2) is 23.1 Å². The summed E-state index contributed by atoms with van der Waals surface area (Å²) in [5, 5.41) is 9.04. The van der Waals surface area contributed by atoms with Gasteiger partial charge in [0.05, 0.1) is 32.8 Å². The summed E-state index contributed by atoms with van der Waals surface area (Å²) in [6.45, 7) is 9.60. The Balaban J connectivity index is 2.37. The van der Waals surface area contributed by atoms with E-state index in [0.717, 1.165) is 0 Å². The molecular weight excluding hydrogens is 288 g/mol. The van der Waals surface area contributed by atoms with Gasteiger partial charge in [0.15, 0.2) is 0 Å². The van der Waals surface area contributed by atoms with E-state index in [1.165, 1.54) is 6.07 Å². The molecule has 0 aromatic heterocycles. The van der Waals surface area contributed by atoms with Gasteiger partial charge in [0, 0.05) is 4.90 Å². The molecule has 0 aliphatic carbocycles. The number of carboxylic acid groups (broad SMARTS) is 1. The number of hydrogen-bond acceptors (Lipinski definition) is 3. The lowest BCUT2D eigenvalue weighted by atomic mass is 10.0. The molecule has 5 heteroatoms. The highest BCUT2D eigenvalue weighted by Gasteiger charge is 2.49. The monoisotopic (exact) mass is 310 g/mol. The standard InChI is InChI=1S/C16H22O4S/c1-10-6-7-11(8-12(10)14(17)18)21(19)13-9-15(2,3)20-16(13,4)5/h6-8,13H,9H2,1-5H3,(H,17,18). The van der Waals surface area contributed by atoms with E-state index in [1.54, 1.807) is 19.1 Å². The van der Waals surface area contributed by atoms with E-state index >= 15 is 0 Å². The number of ether oxygens (including phenoxy) is 1. The quantitative estimate of drug-likeness (QED) is 0.931. The average Bonchev–Trinajstić information content (AvgIpc) is 2.56. The van der Waals surface area contributed by atoms with Gasteiger partial charge < -0.3 is 9.84 Å². The van der Waals surface area contributed by atoms with Crippen molar-refractivity contribution in [3.05, 3.63) is 29.3 Å². The maximum atomic E-state index is 12.9. The lowest BCUT2D eigenvalue weighted by Gasteiger charge is -2.26. The van der Waals surface area contributed by atoms with Crippen LogP contribution < -0.4 is 0 Å². The fourth-order valence-corrected chi connectivity index (χ4v) is 4.85. The molecule has 1 fully saturated rings. The minimum Gasteiger partial charge on any atom is -0.478 e. The van der Waals surface area contributed by atoms with Crippen LogP contribution >= 0.6 is 0 Å². The van der Waals surface area contributed by atoms with Gasteiger partial charge in [0.1, 0.15) is 0 Å². The van der Waals surface area contributed by atoms with Gasteiger partial charge in [-0.3, -0.25) is 4.21 Å². The molecule has 1 aromatic rings. The minimum absolute atomic E-state index is 0.156. The third kappa shape index (κ3) is 3.19. The second-order valence-corrected chi connectivity index (χ2v) is 8.37. The van der Waals surface area contributed by atoms with Crippen molar-refractivity contribution in [2.24, 2.45) is 0 Å². The van der Waals surface area contributed by atoms with Gasteiger partial charge >= 0.3 is 5.97 Å². The van der Waals surface area contributed by atoms with E-state index in [0.29, 0.717) is 16.9 Å². The fourth-order valence-electron chi connectivity index (χ4n) is 2.97. The topological polar surface area (TPSA) is 63.6 Å². The zero-order valence-electron chi connectivity index (χ0n) is 13.1. The summed E-state index contributed by atoms with van der Waals surface area (Å²) in [5.74, 6) is -0.992. The summed E-state index contributed by atoms with van der Waals surface area (Å²) in [5.41, 5.74) is 0.0645. The molecule has 2 rings (SSSR count). The van der Waals surface area contributed by atoms with Crippen LogP contribution in [-0.4, -0.2) is 31.7 Å². The molecule has 1 aliphatic rings. The van der Waals surface area contributed by atoms with Crippen molar-refractivity contribution in [3.63, 3.8) is 0 Å². The summed E-state index contributed by atoms with van der Waals surface area (Å²) < 4.78 is 18.9. The molecule has 2 atom stereocenters. The Labute approximate surface area is 128 Å². The second kappa shape index (κ2) is 5.21. The molecule has 0 amide bonds. The van der Waals surface area contributed by atoms with Gasteiger partial charge in [-0.05, 0) is 58.7 Å². The van der Waals surface area contributed by atoms with Gasteiger partial charge in [-0.25, -0.2) is 4.79 Å². The highest BCUT2D eigenvalue weighted by molar-refractivity contribution is 7.85. The molecular formula is C16H22O4S. The van der Waals surface area contributed by atoms with E-state index < -0.39 is 22.4 Å². The second-order valence-electron chi connectivity index (χ2n) is 6.74. The Bertz CT molecular complexity index is 604. The number of aromatic carboxylic acids is 1. The van der Waals surface area contributed by atoms with E-state index in [-0.39, 0.29) is 16.4 Å². The summed E-state index contributed by atoms with van der Waals surface area (Å²) in [7, 11) is -1.30. The Hall–Kier alpha value is -1.20. The van der Waals surface area contributed by atoms with Crippen LogP contribution in [0.1, 0.15) is 50.0 Å². The summed E-state index contributed by atoms with van der Waals surface area (Å²) in [6.07, 6.45) is 0.683. The van der Waals surface area contributed by atoms with Crippen molar-refractivity contribution in [2.75, 3.05) is 0 Å². The van der Waals surface area contributed by atoms with E-state index in [2.05, 4.69) is 0 Å². The highest BCUT2D eigenvalue weighted by Crippen LogP contribution is 2.41. The molecule has 0 saturated carbocycles.